The average molecular weight is 260 g/mol. The van der Waals surface area contributed by atoms with E-state index in [0.29, 0.717) is 12.4 Å². The van der Waals surface area contributed by atoms with Gasteiger partial charge in [-0.05, 0) is 6.42 Å². The summed E-state index contributed by atoms with van der Waals surface area (Å²) < 4.78 is 0. The number of hydrogen-bond acceptors (Lipinski definition) is 4. The molecule has 6 heteroatoms. The van der Waals surface area contributed by atoms with Gasteiger partial charge in [-0.2, -0.15) is 0 Å². The minimum absolute atomic E-state index is 0.103. The van der Waals surface area contributed by atoms with Crippen molar-refractivity contribution in [2.24, 2.45) is 0 Å². The quantitative estimate of drug-likeness (QED) is 0.830. The molecule has 1 amide bonds. The van der Waals surface area contributed by atoms with Gasteiger partial charge in [0.2, 0.25) is 5.91 Å². The summed E-state index contributed by atoms with van der Waals surface area (Å²) >= 11 is 7.31. The summed E-state index contributed by atoms with van der Waals surface area (Å²) in [4.78, 5) is 17.9. The Bertz CT molecular complexity index is 369. The number of nitrogens with zero attached hydrogens (tertiary/aromatic N) is 2. The molecular formula is C10H14ClN3OS. The average Bonchev–Trinajstić information content (AvgIpc) is 2.62. The second-order valence-corrected chi connectivity index (χ2v) is 4.99. The number of carbonyl (C=O) groups is 1. The van der Waals surface area contributed by atoms with Gasteiger partial charge in [-0.25, -0.2) is 4.98 Å². The smallest absolute Gasteiger partial charge is 0.234 e. The van der Waals surface area contributed by atoms with Gasteiger partial charge in [0.05, 0.1) is 24.7 Å². The van der Waals surface area contributed by atoms with Crippen molar-refractivity contribution >= 4 is 28.8 Å². The Morgan fingerprint density at radius 3 is 3.25 bits per heavy atom. The molecule has 16 heavy (non-hydrogen) atoms. The Balaban J connectivity index is 1.94. The van der Waals surface area contributed by atoms with Crippen molar-refractivity contribution in [1.29, 1.82) is 0 Å². The summed E-state index contributed by atoms with van der Waals surface area (Å²) in [5.41, 5.74) is 0.918. The monoisotopic (exact) mass is 259 g/mol. The van der Waals surface area contributed by atoms with E-state index in [-0.39, 0.29) is 5.91 Å². The number of aromatic nitrogens is 1. The molecule has 0 saturated carbocycles. The lowest BCUT2D eigenvalue weighted by atomic mass is 10.4. The number of rotatable bonds is 3. The van der Waals surface area contributed by atoms with Crippen LogP contribution in [0.25, 0.3) is 0 Å². The fraction of sp³-hybridized carbons (Fsp3) is 0.600. The first kappa shape index (κ1) is 11.8. The van der Waals surface area contributed by atoms with E-state index in [9.17, 15) is 4.79 Å². The zero-order valence-corrected chi connectivity index (χ0v) is 10.5. The molecule has 1 aromatic heterocycles. The zero-order chi connectivity index (χ0) is 11.4. The highest BCUT2D eigenvalue weighted by Crippen LogP contribution is 2.14. The van der Waals surface area contributed by atoms with Gasteiger partial charge in [0, 0.05) is 18.5 Å². The van der Waals surface area contributed by atoms with E-state index >= 15 is 0 Å². The normalized spacial score (nSPS) is 18.2. The first-order valence-corrected chi connectivity index (χ1v) is 6.67. The third-order valence-electron chi connectivity index (χ3n) is 2.44. The third-order valence-corrected chi connectivity index (χ3v) is 3.59. The zero-order valence-electron chi connectivity index (χ0n) is 8.91. The molecule has 2 heterocycles. The first-order valence-electron chi connectivity index (χ1n) is 5.26. The first-order chi connectivity index (χ1) is 7.78. The lowest BCUT2D eigenvalue weighted by Gasteiger charge is -2.16. The van der Waals surface area contributed by atoms with E-state index in [1.54, 1.807) is 11.3 Å². The van der Waals surface area contributed by atoms with Gasteiger partial charge in [0.1, 0.15) is 5.01 Å². The van der Waals surface area contributed by atoms with Crippen molar-refractivity contribution in [1.82, 2.24) is 15.2 Å². The van der Waals surface area contributed by atoms with Crippen molar-refractivity contribution < 1.29 is 4.79 Å². The van der Waals surface area contributed by atoms with E-state index in [1.165, 1.54) is 0 Å². The number of carbonyl (C=O) groups excluding carboxylic acids is 1. The lowest BCUT2D eigenvalue weighted by molar-refractivity contribution is -0.121. The van der Waals surface area contributed by atoms with Crippen LogP contribution in [0.3, 0.4) is 0 Å². The molecule has 1 aliphatic heterocycles. The largest absolute Gasteiger partial charge is 0.355 e. The number of nitrogens with one attached hydrogen (secondary N) is 1. The van der Waals surface area contributed by atoms with Crippen LogP contribution in [0.1, 0.15) is 17.1 Å². The molecule has 0 aromatic carbocycles. The lowest BCUT2D eigenvalue weighted by Crippen LogP contribution is -2.32. The maximum absolute atomic E-state index is 11.4. The molecule has 1 N–H and O–H groups in total. The van der Waals surface area contributed by atoms with Crippen LogP contribution in [0.5, 0.6) is 0 Å². The Hall–Kier alpha value is -0.650. The molecule has 88 valence electrons. The van der Waals surface area contributed by atoms with E-state index in [0.717, 1.165) is 36.8 Å². The van der Waals surface area contributed by atoms with E-state index in [2.05, 4.69) is 15.2 Å². The molecular weight excluding hydrogens is 246 g/mol. The molecule has 0 aliphatic carbocycles. The van der Waals surface area contributed by atoms with Crippen molar-refractivity contribution in [3.05, 3.63) is 16.1 Å². The van der Waals surface area contributed by atoms with Crippen molar-refractivity contribution in [3.8, 4) is 0 Å². The molecule has 1 aliphatic rings. The maximum atomic E-state index is 11.4. The second-order valence-electron chi connectivity index (χ2n) is 3.78. The van der Waals surface area contributed by atoms with Gasteiger partial charge < -0.3 is 5.32 Å². The fourth-order valence-electron chi connectivity index (χ4n) is 1.68. The van der Waals surface area contributed by atoms with Gasteiger partial charge in [-0.3, -0.25) is 9.69 Å². The van der Waals surface area contributed by atoms with Crippen molar-refractivity contribution in [3.63, 3.8) is 0 Å². The van der Waals surface area contributed by atoms with Gasteiger partial charge in [0.15, 0.2) is 0 Å². The van der Waals surface area contributed by atoms with Crippen LogP contribution in [-0.4, -0.2) is 35.4 Å². The summed E-state index contributed by atoms with van der Waals surface area (Å²) in [5.74, 6) is 0.559. The highest BCUT2D eigenvalue weighted by molar-refractivity contribution is 7.09. The molecule has 0 unspecified atom stereocenters. The minimum Gasteiger partial charge on any atom is -0.355 e. The molecule has 1 saturated heterocycles. The molecule has 0 bridgehead atoms. The summed E-state index contributed by atoms with van der Waals surface area (Å²) in [6.45, 7) is 2.93. The predicted molar refractivity (Wildman–Crippen MR) is 64.6 cm³/mol. The van der Waals surface area contributed by atoms with E-state index in [4.69, 9.17) is 11.6 Å². The van der Waals surface area contributed by atoms with Crippen LogP contribution < -0.4 is 5.32 Å². The Labute approximate surface area is 104 Å². The van der Waals surface area contributed by atoms with Crippen LogP contribution in [-0.2, 0) is 17.2 Å². The number of amides is 1. The molecule has 2 rings (SSSR count). The van der Waals surface area contributed by atoms with Crippen molar-refractivity contribution in [2.75, 3.05) is 19.6 Å². The number of alkyl halides is 1. The highest BCUT2D eigenvalue weighted by Gasteiger charge is 2.15. The van der Waals surface area contributed by atoms with E-state index < -0.39 is 0 Å². The topological polar surface area (TPSA) is 45.2 Å². The number of hydrogen-bond donors (Lipinski definition) is 1. The van der Waals surface area contributed by atoms with Crippen LogP contribution >= 0.6 is 22.9 Å². The maximum Gasteiger partial charge on any atom is 0.234 e. The fourth-order valence-corrected chi connectivity index (χ4v) is 2.74. The second kappa shape index (κ2) is 5.61. The summed E-state index contributed by atoms with van der Waals surface area (Å²) in [5, 5.41) is 5.86. The molecule has 1 fully saturated rings. The van der Waals surface area contributed by atoms with Gasteiger partial charge in [-0.1, -0.05) is 0 Å². The SMILES string of the molecule is O=C1CN(Cc2nc(CCl)cs2)CCCN1. The molecule has 4 nitrogen and oxygen atoms in total. The van der Waals surface area contributed by atoms with Gasteiger partial charge in [-0.15, -0.1) is 22.9 Å². The highest BCUT2D eigenvalue weighted by atomic mass is 35.5. The standard InChI is InChI=1S/C10H14ClN3OS/c11-4-8-7-16-10(13-8)6-14-3-1-2-12-9(15)5-14/h7H,1-6H2,(H,12,15). The molecule has 1 aromatic rings. The Morgan fingerprint density at radius 2 is 2.50 bits per heavy atom. The van der Waals surface area contributed by atoms with Crippen LogP contribution in [0.15, 0.2) is 5.38 Å². The molecule has 0 radical (unpaired) electrons. The minimum atomic E-state index is 0.103. The molecule has 0 spiro atoms. The summed E-state index contributed by atoms with van der Waals surface area (Å²) in [6, 6.07) is 0. The summed E-state index contributed by atoms with van der Waals surface area (Å²) in [7, 11) is 0. The summed E-state index contributed by atoms with van der Waals surface area (Å²) in [6.07, 6.45) is 0.999. The number of thiazole rings is 1. The van der Waals surface area contributed by atoms with E-state index in [1.807, 2.05) is 5.38 Å². The van der Waals surface area contributed by atoms with Crippen molar-refractivity contribution in [2.45, 2.75) is 18.8 Å². The number of halogens is 1. The van der Waals surface area contributed by atoms with Crippen LogP contribution in [0, 0.1) is 0 Å². The van der Waals surface area contributed by atoms with Gasteiger partial charge in [0.25, 0.3) is 0 Å². The van der Waals surface area contributed by atoms with Gasteiger partial charge >= 0.3 is 0 Å². The third kappa shape index (κ3) is 3.17. The predicted octanol–water partition coefficient (Wildman–Crippen LogP) is 1.20. The Morgan fingerprint density at radius 1 is 1.62 bits per heavy atom. The van der Waals surface area contributed by atoms with Crippen LogP contribution in [0.2, 0.25) is 0 Å². The molecule has 0 atom stereocenters. The Kier molecular flexibility index (Phi) is 4.15. The van der Waals surface area contributed by atoms with Crippen LogP contribution in [0.4, 0.5) is 0 Å².